The monoisotopic (exact) mass is 378 g/mol. The van der Waals surface area contributed by atoms with Gasteiger partial charge in [-0.2, -0.15) is 0 Å². The second kappa shape index (κ2) is 8.40. The van der Waals surface area contributed by atoms with Crippen molar-refractivity contribution in [3.8, 4) is 0 Å². The number of allylic oxidation sites excluding steroid dienone is 4. The van der Waals surface area contributed by atoms with Crippen LogP contribution in [-0.4, -0.2) is 11.6 Å². The van der Waals surface area contributed by atoms with Crippen molar-refractivity contribution < 1.29 is 4.74 Å². The van der Waals surface area contributed by atoms with Gasteiger partial charge in [0.2, 0.25) is 0 Å². The van der Waals surface area contributed by atoms with Gasteiger partial charge < -0.3 is 15.0 Å². The molecule has 0 amide bonds. The molecule has 3 rings (SSSR count). The molecule has 3 nitrogen and oxygen atoms in total. The third kappa shape index (κ3) is 4.41. The maximum Gasteiger partial charge on any atom is 0.135 e. The summed E-state index contributed by atoms with van der Waals surface area (Å²) in [6, 6.07) is 7.49. The second-order valence-corrected chi connectivity index (χ2v) is 8.46. The number of hydrogen-bond acceptors (Lipinski definition) is 3. The van der Waals surface area contributed by atoms with E-state index in [0.29, 0.717) is 5.69 Å². The highest BCUT2D eigenvalue weighted by Gasteiger charge is 2.34. The summed E-state index contributed by atoms with van der Waals surface area (Å²) in [5.41, 5.74) is 5.02. The highest BCUT2D eigenvalue weighted by atomic mass is 16.5. The number of anilines is 1. The Balaban J connectivity index is 1.69. The smallest absolute Gasteiger partial charge is 0.135 e. The first-order chi connectivity index (χ1) is 13.3. The third-order valence-electron chi connectivity index (χ3n) is 5.63. The molecule has 0 N–H and O–H groups in total. The van der Waals surface area contributed by atoms with Gasteiger partial charge in [-0.1, -0.05) is 41.5 Å². The minimum atomic E-state index is -0.354. The van der Waals surface area contributed by atoms with Crippen LogP contribution in [0.1, 0.15) is 65.9 Å². The van der Waals surface area contributed by atoms with Crippen LogP contribution in [0.25, 0.3) is 5.76 Å². The second-order valence-electron chi connectivity index (χ2n) is 8.46. The van der Waals surface area contributed by atoms with Crippen LogP contribution in [0.4, 0.5) is 5.69 Å². The van der Waals surface area contributed by atoms with Crippen molar-refractivity contribution in [2.45, 2.75) is 71.9 Å². The number of hydrogen-bond donors (Lipinski definition) is 0. The van der Waals surface area contributed by atoms with Crippen molar-refractivity contribution in [3.63, 3.8) is 0 Å². The Morgan fingerprint density at radius 2 is 1.93 bits per heavy atom. The van der Waals surface area contributed by atoms with E-state index in [2.05, 4.69) is 52.0 Å². The van der Waals surface area contributed by atoms with Crippen molar-refractivity contribution in [2.24, 2.45) is 0 Å². The van der Waals surface area contributed by atoms with Crippen molar-refractivity contribution in [1.29, 1.82) is 0 Å². The maximum atomic E-state index is 12.6. The van der Waals surface area contributed by atoms with Gasteiger partial charge in [-0.25, -0.2) is 0 Å². The Labute approximate surface area is 169 Å². The van der Waals surface area contributed by atoms with Crippen LogP contribution in [0.3, 0.4) is 0 Å². The van der Waals surface area contributed by atoms with E-state index in [1.165, 1.54) is 11.1 Å². The predicted octanol–water partition coefficient (Wildman–Crippen LogP) is 6.92. The van der Waals surface area contributed by atoms with E-state index in [9.17, 15) is 5.21 Å². The molecule has 2 aliphatic heterocycles. The van der Waals surface area contributed by atoms with Crippen molar-refractivity contribution in [1.82, 2.24) is 0 Å². The van der Waals surface area contributed by atoms with Crippen LogP contribution in [0.15, 0.2) is 65.3 Å². The van der Waals surface area contributed by atoms with Gasteiger partial charge in [0.05, 0.1) is 0 Å². The molecule has 0 aliphatic carbocycles. The third-order valence-corrected chi connectivity index (χ3v) is 5.63. The van der Waals surface area contributed by atoms with E-state index in [0.717, 1.165) is 47.6 Å². The van der Waals surface area contributed by atoms with Gasteiger partial charge in [-0.15, -0.1) is 0 Å². The molecule has 1 aromatic rings. The van der Waals surface area contributed by atoms with Crippen molar-refractivity contribution >= 4 is 11.4 Å². The maximum absolute atomic E-state index is 12.6. The van der Waals surface area contributed by atoms with Crippen LogP contribution < -0.4 is 5.06 Å². The average Bonchev–Trinajstić information content (AvgIpc) is 2.65. The Bertz CT molecular complexity index is 842. The van der Waals surface area contributed by atoms with E-state index in [1.54, 1.807) is 0 Å². The molecule has 28 heavy (non-hydrogen) atoms. The van der Waals surface area contributed by atoms with Gasteiger partial charge in [0.15, 0.2) is 0 Å². The fraction of sp³-hybridized carbons (Fsp3) is 0.440. The Hall–Kier alpha value is -2.26. The molecular formula is C25H32NO2-. The molecule has 2 heterocycles. The molecule has 1 aromatic carbocycles. The number of ether oxygens (including phenoxy) is 1. The van der Waals surface area contributed by atoms with E-state index < -0.39 is 0 Å². The summed E-state index contributed by atoms with van der Waals surface area (Å²) in [6.07, 6.45) is 13.0. The van der Waals surface area contributed by atoms with E-state index in [4.69, 9.17) is 4.74 Å². The summed E-state index contributed by atoms with van der Waals surface area (Å²) >= 11 is 0. The zero-order valence-electron chi connectivity index (χ0n) is 17.8. The van der Waals surface area contributed by atoms with E-state index in [1.807, 2.05) is 31.2 Å². The zero-order chi connectivity index (χ0) is 20.3. The quantitative estimate of drug-likeness (QED) is 0.504. The lowest BCUT2D eigenvalue weighted by Gasteiger charge is -2.46. The predicted molar refractivity (Wildman–Crippen MR) is 119 cm³/mol. The summed E-state index contributed by atoms with van der Waals surface area (Å²) in [6.45, 7) is 10.6. The number of hydroxylamine groups is 1. The lowest BCUT2D eigenvalue weighted by Crippen LogP contribution is -2.37. The molecule has 0 radical (unpaired) electrons. The van der Waals surface area contributed by atoms with Gasteiger partial charge in [-0.3, -0.25) is 0 Å². The number of fused-ring (bicyclic) bond motifs is 2. The molecule has 0 fully saturated rings. The number of rotatable bonds is 6. The molecule has 0 saturated carbocycles. The largest absolute Gasteiger partial charge is 0.758 e. The van der Waals surface area contributed by atoms with E-state index in [-0.39, 0.29) is 11.6 Å². The van der Waals surface area contributed by atoms with Crippen molar-refractivity contribution in [3.05, 3.63) is 76.1 Å². The molecule has 0 aromatic heterocycles. The SMILES string of the molecule is CC(C)=CCC/C(C)=C/CC[C@]1(C)C=CC2=C(O1)c1ccccc1N([O-])C2C. The zero-order valence-corrected chi connectivity index (χ0v) is 17.8. The highest BCUT2D eigenvalue weighted by Crippen LogP contribution is 2.44. The standard InChI is InChI=1S/C25H32NO2/c1-18(2)10-8-11-19(3)12-9-16-25(5)17-15-21-20(4)26(27)23-14-7-6-13-22(23)24(21)28-25/h6-7,10,12-15,17,20H,8-9,11,16H2,1-5H3/q-1/b19-12+/t20?,25-/m1/s1. The van der Waals surface area contributed by atoms with Gasteiger partial charge in [0, 0.05) is 22.9 Å². The normalized spacial score (nSPS) is 23.9. The average molecular weight is 379 g/mol. The Kier molecular flexibility index (Phi) is 6.14. The summed E-state index contributed by atoms with van der Waals surface area (Å²) in [5.74, 6) is 0.865. The van der Waals surface area contributed by atoms with Crippen LogP contribution >= 0.6 is 0 Å². The summed E-state index contributed by atoms with van der Waals surface area (Å²) < 4.78 is 6.51. The van der Waals surface area contributed by atoms with Crippen LogP contribution in [0.5, 0.6) is 0 Å². The molecule has 1 unspecified atom stereocenters. The molecule has 2 aliphatic rings. The lowest BCUT2D eigenvalue weighted by molar-refractivity contribution is 0.0930. The molecule has 2 atom stereocenters. The van der Waals surface area contributed by atoms with Gasteiger partial charge >= 0.3 is 0 Å². The summed E-state index contributed by atoms with van der Waals surface area (Å²) in [7, 11) is 0. The molecular weight excluding hydrogens is 346 g/mol. The van der Waals surface area contributed by atoms with Crippen LogP contribution in [0.2, 0.25) is 0 Å². The summed E-state index contributed by atoms with van der Waals surface area (Å²) in [4.78, 5) is 0. The number of nitrogens with zero attached hydrogens (tertiary/aromatic N) is 1. The molecule has 0 spiro atoms. The van der Waals surface area contributed by atoms with Crippen LogP contribution in [-0.2, 0) is 4.74 Å². The van der Waals surface area contributed by atoms with E-state index >= 15 is 0 Å². The molecule has 0 saturated heterocycles. The molecule has 150 valence electrons. The minimum absolute atomic E-state index is 0.233. The fourth-order valence-electron chi connectivity index (χ4n) is 3.83. The fourth-order valence-corrected chi connectivity index (χ4v) is 3.83. The first-order valence-electron chi connectivity index (χ1n) is 10.3. The van der Waals surface area contributed by atoms with Gasteiger partial charge in [-0.05, 0) is 78.5 Å². The molecule has 3 heteroatoms. The van der Waals surface area contributed by atoms with Gasteiger partial charge in [0.25, 0.3) is 0 Å². The Morgan fingerprint density at radius 1 is 1.18 bits per heavy atom. The Morgan fingerprint density at radius 3 is 2.68 bits per heavy atom. The minimum Gasteiger partial charge on any atom is -0.758 e. The van der Waals surface area contributed by atoms with Gasteiger partial charge in [0.1, 0.15) is 11.4 Å². The summed E-state index contributed by atoms with van der Waals surface area (Å²) in [5, 5.41) is 13.7. The number of benzene rings is 1. The number of para-hydroxylation sites is 1. The van der Waals surface area contributed by atoms with Crippen molar-refractivity contribution in [2.75, 3.05) is 5.06 Å². The first-order valence-corrected chi connectivity index (χ1v) is 10.3. The molecule has 0 bridgehead atoms. The first kappa shape index (κ1) is 20.5. The topological polar surface area (TPSA) is 35.5 Å². The lowest BCUT2D eigenvalue weighted by atomic mass is 9.89. The van der Waals surface area contributed by atoms with Crippen LogP contribution in [0, 0.1) is 5.21 Å². The highest BCUT2D eigenvalue weighted by molar-refractivity contribution is 5.82.